The van der Waals surface area contributed by atoms with Crippen molar-refractivity contribution in [1.29, 1.82) is 0 Å². The van der Waals surface area contributed by atoms with Crippen LogP contribution in [0.5, 0.6) is 0 Å². The molecule has 0 radical (unpaired) electrons. The number of rotatable bonds is 1. The molecule has 2 nitrogen and oxygen atoms in total. The zero-order valence-electron chi connectivity index (χ0n) is 9.44. The van der Waals surface area contributed by atoms with Crippen LogP contribution in [0.2, 0.25) is 0 Å². The van der Waals surface area contributed by atoms with E-state index in [-0.39, 0.29) is 11.6 Å². The van der Waals surface area contributed by atoms with Crippen LogP contribution in [0.3, 0.4) is 0 Å². The smallest absolute Gasteiger partial charge is 0.186 e. The van der Waals surface area contributed by atoms with Gasteiger partial charge in [0, 0.05) is 5.57 Å². The number of hydrogen-bond donors (Lipinski definition) is 0. The Balaban J connectivity index is 0.000000606. The summed E-state index contributed by atoms with van der Waals surface area (Å²) in [7, 11) is 0. The van der Waals surface area contributed by atoms with Crippen LogP contribution in [-0.2, 0) is 9.59 Å². The molecule has 2 heteroatoms. The van der Waals surface area contributed by atoms with Crippen molar-refractivity contribution in [3.63, 3.8) is 0 Å². The van der Waals surface area contributed by atoms with Gasteiger partial charge in [0.15, 0.2) is 11.6 Å². The highest BCUT2D eigenvalue weighted by atomic mass is 16.1. The van der Waals surface area contributed by atoms with Gasteiger partial charge in [0.05, 0.1) is 0 Å². The molecule has 82 valence electrons. The largest absolute Gasteiger partial charge is 0.290 e. The van der Waals surface area contributed by atoms with E-state index in [1.807, 2.05) is 44.2 Å². The molecule has 1 aliphatic carbocycles. The monoisotopic (exact) mass is 214 g/mol. The molecule has 0 amide bonds. The Hall–Kier alpha value is -1.96. The average Bonchev–Trinajstić information content (AvgIpc) is 2.36. The summed E-state index contributed by atoms with van der Waals surface area (Å²) < 4.78 is 0. The SMILES string of the molecule is CC.O=C1C=CC(=O)C(c2ccccc2)=C1. The molecule has 0 unspecified atom stereocenters. The van der Waals surface area contributed by atoms with Crippen molar-refractivity contribution in [3.8, 4) is 0 Å². The van der Waals surface area contributed by atoms with Crippen molar-refractivity contribution in [2.45, 2.75) is 13.8 Å². The van der Waals surface area contributed by atoms with E-state index in [0.29, 0.717) is 5.57 Å². The number of benzene rings is 1. The fraction of sp³-hybridized carbons (Fsp3) is 0.143. The molecule has 0 saturated heterocycles. The highest BCUT2D eigenvalue weighted by Crippen LogP contribution is 2.18. The van der Waals surface area contributed by atoms with Crippen LogP contribution in [0, 0.1) is 0 Å². The maximum absolute atomic E-state index is 11.4. The van der Waals surface area contributed by atoms with Crippen molar-refractivity contribution in [2.75, 3.05) is 0 Å². The Labute approximate surface area is 95.3 Å². The van der Waals surface area contributed by atoms with Gasteiger partial charge in [0.1, 0.15) is 0 Å². The van der Waals surface area contributed by atoms with E-state index >= 15 is 0 Å². The summed E-state index contributed by atoms with van der Waals surface area (Å²) >= 11 is 0. The zero-order chi connectivity index (χ0) is 12.0. The third kappa shape index (κ3) is 2.76. The molecule has 0 bridgehead atoms. The second kappa shape index (κ2) is 5.81. The number of allylic oxidation sites excluding steroid dienone is 4. The van der Waals surface area contributed by atoms with Gasteiger partial charge in [-0.25, -0.2) is 0 Å². The minimum Gasteiger partial charge on any atom is -0.290 e. The van der Waals surface area contributed by atoms with Crippen molar-refractivity contribution in [3.05, 3.63) is 54.1 Å². The lowest BCUT2D eigenvalue weighted by atomic mass is 9.97. The molecule has 0 spiro atoms. The summed E-state index contributed by atoms with van der Waals surface area (Å²) in [5.74, 6) is -0.251. The molecular weight excluding hydrogens is 200 g/mol. The lowest BCUT2D eigenvalue weighted by Crippen LogP contribution is -2.06. The highest BCUT2D eigenvalue weighted by molar-refractivity contribution is 6.33. The Kier molecular flexibility index (Phi) is 4.40. The Morgan fingerprint density at radius 3 is 2.12 bits per heavy atom. The predicted molar refractivity (Wildman–Crippen MR) is 64.9 cm³/mol. The number of carbonyl (C=O) groups excluding carboxylic acids is 2. The van der Waals surface area contributed by atoms with E-state index in [9.17, 15) is 9.59 Å². The summed E-state index contributed by atoms with van der Waals surface area (Å²) in [6.45, 7) is 4.00. The minimum absolute atomic E-state index is 0.115. The minimum atomic E-state index is -0.136. The third-order valence-corrected chi connectivity index (χ3v) is 2.04. The van der Waals surface area contributed by atoms with E-state index in [1.54, 1.807) is 0 Å². The second-order valence-electron chi connectivity index (χ2n) is 3.02. The van der Waals surface area contributed by atoms with Gasteiger partial charge in [0.25, 0.3) is 0 Å². The first-order chi connectivity index (χ1) is 7.77. The highest BCUT2D eigenvalue weighted by Gasteiger charge is 2.14. The van der Waals surface area contributed by atoms with Crippen LogP contribution in [0.4, 0.5) is 0 Å². The van der Waals surface area contributed by atoms with Gasteiger partial charge in [-0.05, 0) is 23.8 Å². The topological polar surface area (TPSA) is 34.1 Å². The molecule has 2 rings (SSSR count). The number of ketones is 2. The maximum atomic E-state index is 11.4. The zero-order valence-corrected chi connectivity index (χ0v) is 9.44. The van der Waals surface area contributed by atoms with E-state index in [0.717, 1.165) is 5.56 Å². The van der Waals surface area contributed by atoms with Crippen molar-refractivity contribution in [1.82, 2.24) is 0 Å². The molecule has 16 heavy (non-hydrogen) atoms. The van der Waals surface area contributed by atoms with Gasteiger partial charge in [0.2, 0.25) is 0 Å². The van der Waals surface area contributed by atoms with Crippen LogP contribution in [0.1, 0.15) is 19.4 Å². The number of carbonyl (C=O) groups is 2. The second-order valence-corrected chi connectivity index (χ2v) is 3.02. The summed E-state index contributed by atoms with van der Waals surface area (Å²) in [5.41, 5.74) is 1.26. The molecule has 1 aliphatic rings. The average molecular weight is 214 g/mol. The van der Waals surface area contributed by atoms with Gasteiger partial charge in [-0.3, -0.25) is 9.59 Å². The van der Waals surface area contributed by atoms with Gasteiger partial charge in [-0.2, -0.15) is 0 Å². The summed E-state index contributed by atoms with van der Waals surface area (Å²) in [6, 6.07) is 9.18. The molecule has 0 N–H and O–H groups in total. The van der Waals surface area contributed by atoms with Gasteiger partial charge in [-0.15, -0.1) is 0 Å². The lowest BCUT2D eigenvalue weighted by Gasteiger charge is -2.05. The molecule has 0 saturated carbocycles. The standard InChI is InChI=1S/C12H8O2.C2H6/c13-10-6-7-12(14)11(8-10)9-4-2-1-3-5-9;1-2/h1-8H;1-2H3. The van der Waals surface area contributed by atoms with Crippen LogP contribution in [-0.4, -0.2) is 11.6 Å². The van der Waals surface area contributed by atoms with E-state index in [1.165, 1.54) is 18.2 Å². The van der Waals surface area contributed by atoms with Gasteiger partial charge >= 0.3 is 0 Å². The fourth-order valence-corrected chi connectivity index (χ4v) is 1.35. The molecule has 0 heterocycles. The van der Waals surface area contributed by atoms with Gasteiger partial charge in [-0.1, -0.05) is 44.2 Å². The summed E-state index contributed by atoms with van der Waals surface area (Å²) in [4.78, 5) is 22.5. The molecule has 0 atom stereocenters. The quantitative estimate of drug-likeness (QED) is 0.674. The Morgan fingerprint density at radius 2 is 1.50 bits per heavy atom. The first-order valence-corrected chi connectivity index (χ1v) is 5.31. The van der Waals surface area contributed by atoms with Crippen molar-refractivity contribution >= 4 is 17.1 Å². The molecule has 0 aromatic heterocycles. The van der Waals surface area contributed by atoms with Crippen LogP contribution in [0.15, 0.2) is 48.6 Å². The summed E-state index contributed by atoms with van der Waals surface area (Å²) in [6.07, 6.45) is 3.97. The van der Waals surface area contributed by atoms with Crippen LogP contribution < -0.4 is 0 Å². The molecular formula is C14H14O2. The fourth-order valence-electron chi connectivity index (χ4n) is 1.35. The first-order valence-electron chi connectivity index (χ1n) is 5.31. The van der Waals surface area contributed by atoms with E-state index in [2.05, 4.69) is 0 Å². The van der Waals surface area contributed by atoms with Crippen molar-refractivity contribution in [2.24, 2.45) is 0 Å². The summed E-state index contributed by atoms with van der Waals surface area (Å²) in [5, 5.41) is 0. The predicted octanol–water partition coefficient (Wildman–Crippen LogP) is 2.80. The lowest BCUT2D eigenvalue weighted by molar-refractivity contribution is -0.113. The molecule has 1 aromatic rings. The van der Waals surface area contributed by atoms with Gasteiger partial charge < -0.3 is 0 Å². The van der Waals surface area contributed by atoms with E-state index in [4.69, 9.17) is 0 Å². The molecule has 0 aliphatic heterocycles. The molecule has 0 fully saturated rings. The van der Waals surface area contributed by atoms with Crippen LogP contribution >= 0.6 is 0 Å². The normalized spacial score (nSPS) is 14.0. The molecule has 1 aromatic carbocycles. The van der Waals surface area contributed by atoms with Crippen molar-refractivity contribution < 1.29 is 9.59 Å². The Bertz CT molecular complexity index is 439. The first kappa shape index (κ1) is 12.1. The van der Waals surface area contributed by atoms with E-state index < -0.39 is 0 Å². The van der Waals surface area contributed by atoms with Crippen LogP contribution in [0.25, 0.3) is 5.57 Å². The Morgan fingerprint density at radius 1 is 0.875 bits per heavy atom. The number of hydrogen-bond acceptors (Lipinski definition) is 2. The maximum Gasteiger partial charge on any atom is 0.186 e. The third-order valence-electron chi connectivity index (χ3n) is 2.04.